The van der Waals surface area contributed by atoms with Gasteiger partial charge in [-0.2, -0.15) is 0 Å². The zero-order valence-corrected chi connectivity index (χ0v) is 15.4. The van der Waals surface area contributed by atoms with Gasteiger partial charge in [-0.1, -0.05) is 6.07 Å². The molecule has 1 aromatic heterocycles. The van der Waals surface area contributed by atoms with Gasteiger partial charge in [0.1, 0.15) is 5.82 Å². The molecular weight excluding hydrogens is 357 g/mol. The van der Waals surface area contributed by atoms with Crippen molar-refractivity contribution in [2.75, 3.05) is 20.1 Å². The molecule has 0 aliphatic carbocycles. The fraction of sp³-hybridized carbons (Fsp3) is 0.333. The van der Waals surface area contributed by atoms with Crippen LogP contribution in [-0.4, -0.2) is 43.8 Å². The molecule has 26 heavy (non-hydrogen) atoms. The minimum absolute atomic E-state index is 0.0289. The lowest BCUT2D eigenvalue weighted by Crippen LogP contribution is -2.30. The Hall–Kier alpha value is -2.32. The number of aromatic nitrogens is 1. The van der Waals surface area contributed by atoms with E-state index in [9.17, 15) is 17.6 Å². The number of nitrogens with zero attached hydrogens (tertiary/aromatic N) is 2. The normalized spacial score (nSPS) is 11.5. The van der Waals surface area contributed by atoms with E-state index >= 15 is 0 Å². The molecule has 0 aliphatic rings. The number of hydrogen-bond acceptors (Lipinski definition) is 4. The van der Waals surface area contributed by atoms with Crippen molar-refractivity contribution >= 4 is 15.9 Å². The van der Waals surface area contributed by atoms with E-state index in [2.05, 4.69) is 10.3 Å². The average molecular weight is 379 g/mol. The summed E-state index contributed by atoms with van der Waals surface area (Å²) in [5.74, 6) is -0.623. The summed E-state index contributed by atoms with van der Waals surface area (Å²) in [6, 6.07) is 10.3. The smallest absolute Gasteiger partial charge is 0.242 e. The molecule has 0 fully saturated rings. The highest BCUT2D eigenvalue weighted by atomic mass is 32.2. The number of nitrogens with one attached hydrogen (secondary N) is 1. The number of rotatable bonds is 9. The largest absolute Gasteiger partial charge is 0.356 e. The van der Waals surface area contributed by atoms with Crippen LogP contribution < -0.4 is 5.32 Å². The number of pyridine rings is 1. The second kappa shape index (κ2) is 9.40. The van der Waals surface area contributed by atoms with E-state index in [-0.39, 0.29) is 23.8 Å². The maximum Gasteiger partial charge on any atom is 0.242 e. The molecule has 1 amide bonds. The third-order valence-corrected chi connectivity index (χ3v) is 5.70. The lowest BCUT2D eigenvalue weighted by atomic mass is 10.2. The highest BCUT2D eigenvalue weighted by Gasteiger charge is 2.20. The van der Waals surface area contributed by atoms with E-state index in [1.165, 1.54) is 23.5 Å². The van der Waals surface area contributed by atoms with Crippen LogP contribution in [-0.2, 0) is 21.2 Å². The quantitative estimate of drug-likeness (QED) is 0.723. The predicted molar refractivity (Wildman–Crippen MR) is 96.4 cm³/mol. The van der Waals surface area contributed by atoms with Crippen LogP contribution in [0.25, 0.3) is 0 Å². The summed E-state index contributed by atoms with van der Waals surface area (Å²) in [7, 11) is -2.24. The van der Waals surface area contributed by atoms with Crippen molar-refractivity contribution in [3.05, 3.63) is 60.2 Å². The Labute approximate surface area is 153 Å². The Kier molecular flexibility index (Phi) is 7.23. The number of hydrogen-bond donors (Lipinski definition) is 1. The molecule has 0 atom stereocenters. The number of carbonyl (C=O) groups excluding carboxylic acids is 1. The van der Waals surface area contributed by atoms with Crippen LogP contribution in [0, 0.1) is 5.82 Å². The van der Waals surface area contributed by atoms with E-state index in [1.807, 2.05) is 18.2 Å². The third-order valence-electron chi connectivity index (χ3n) is 3.83. The van der Waals surface area contributed by atoms with Crippen molar-refractivity contribution in [3.8, 4) is 0 Å². The van der Waals surface area contributed by atoms with Crippen LogP contribution in [0.5, 0.6) is 0 Å². The van der Waals surface area contributed by atoms with Gasteiger partial charge in [0.2, 0.25) is 15.9 Å². The minimum atomic E-state index is -3.68. The van der Waals surface area contributed by atoms with Crippen molar-refractivity contribution < 1.29 is 17.6 Å². The first-order valence-electron chi connectivity index (χ1n) is 8.28. The van der Waals surface area contributed by atoms with Crippen molar-refractivity contribution in [1.29, 1.82) is 0 Å². The molecule has 2 rings (SSSR count). The highest BCUT2D eigenvalue weighted by Crippen LogP contribution is 2.15. The molecule has 0 spiro atoms. The van der Waals surface area contributed by atoms with Crippen LogP contribution in [0.15, 0.2) is 53.6 Å². The fourth-order valence-corrected chi connectivity index (χ4v) is 3.54. The van der Waals surface area contributed by atoms with Crippen molar-refractivity contribution in [3.63, 3.8) is 0 Å². The van der Waals surface area contributed by atoms with Crippen LogP contribution in [0.1, 0.15) is 18.5 Å². The molecule has 1 heterocycles. The lowest BCUT2D eigenvalue weighted by Gasteiger charge is -2.17. The summed E-state index contributed by atoms with van der Waals surface area (Å²) in [4.78, 5) is 16.0. The minimum Gasteiger partial charge on any atom is -0.356 e. The predicted octanol–water partition coefficient (Wildman–Crippen LogP) is 1.98. The molecule has 6 nitrogen and oxygen atoms in total. The van der Waals surface area contributed by atoms with E-state index in [1.54, 1.807) is 6.20 Å². The number of halogens is 1. The lowest BCUT2D eigenvalue weighted by molar-refractivity contribution is -0.121. The monoisotopic (exact) mass is 379 g/mol. The molecule has 0 unspecified atom stereocenters. The summed E-state index contributed by atoms with van der Waals surface area (Å²) in [6.07, 6.45) is 2.97. The molecule has 1 N–H and O–H groups in total. The third kappa shape index (κ3) is 5.89. The van der Waals surface area contributed by atoms with Gasteiger partial charge in [0.15, 0.2) is 0 Å². The molecule has 0 bridgehead atoms. The molecule has 0 saturated carbocycles. The van der Waals surface area contributed by atoms with Gasteiger partial charge in [-0.05, 0) is 42.8 Å². The first-order valence-corrected chi connectivity index (χ1v) is 9.72. The Morgan fingerprint density at radius 1 is 1.19 bits per heavy atom. The number of amides is 1. The molecule has 8 heteroatoms. The summed E-state index contributed by atoms with van der Waals surface area (Å²) < 4.78 is 38.8. The molecule has 0 aliphatic heterocycles. The van der Waals surface area contributed by atoms with E-state index < -0.39 is 15.8 Å². The van der Waals surface area contributed by atoms with Crippen LogP contribution in [0.4, 0.5) is 4.39 Å². The summed E-state index contributed by atoms with van der Waals surface area (Å²) in [5.41, 5.74) is 0.901. The Morgan fingerprint density at radius 2 is 1.92 bits per heavy atom. The molecule has 2 aromatic rings. The van der Waals surface area contributed by atoms with Gasteiger partial charge in [0, 0.05) is 44.9 Å². The van der Waals surface area contributed by atoms with Gasteiger partial charge in [-0.25, -0.2) is 17.1 Å². The fourth-order valence-electron chi connectivity index (χ4n) is 2.33. The van der Waals surface area contributed by atoms with Gasteiger partial charge in [-0.15, -0.1) is 0 Å². The molecular formula is C18H22FN3O3S. The van der Waals surface area contributed by atoms with Crippen LogP contribution in [0.3, 0.4) is 0 Å². The van der Waals surface area contributed by atoms with Gasteiger partial charge >= 0.3 is 0 Å². The summed E-state index contributed by atoms with van der Waals surface area (Å²) >= 11 is 0. The Morgan fingerprint density at radius 3 is 2.58 bits per heavy atom. The van der Waals surface area contributed by atoms with E-state index in [4.69, 9.17) is 0 Å². The van der Waals surface area contributed by atoms with E-state index in [0.29, 0.717) is 19.4 Å². The second-order valence-electron chi connectivity index (χ2n) is 5.81. The maximum absolute atomic E-state index is 12.9. The number of benzene rings is 1. The van der Waals surface area contributed by atoms with Crippen molar-refractivity contribution in [2.24, 2.45) is 0 Å². The zero-order valence-electron chi connectivity index (χ0n) is 14.6. The molecule has 0 radical (unpaired) electrons. The molecule has 1 aromatic carbocycles. The topological polar surface area (TPSA) is 79.4 Å². The standard InChI is InChI=1S/C18H22FN3O3S/c1-22(26(24,25)17-9-7-15(19)8-10-17)14-4-6-18(23)21-13-11-16-5-2-3-12-20-16/h2-3,5,7-10,12H,4,6,11,13-14H2,1H3,(H,21,23). The Balaban J connectivity index is 1.72. The average Bonchev–Trinajstić information content (AvgIpc) is 2.63. The summed E-state index contributed by atoms with van der Waals surface area (Å²) in [6.45, 7) is 0.687. The van der Waals surface area contributed by atoms with Crippen molar-refractivity contribution in [2.45, 2.75) is 24.2 Å². The van der Waals surface area contributed by atoms with Gasteiger partial charge in [0.05, 0.1) is 4.90 Å². The Bertz CT molecular complexity index is 811. The summed E-state index contributed by atoms with van der Waals surface area (Å²) in [5, 5.41) is 2.79. The van der Waals surface area contributed by atoms with Gasteiger partial charge < -0.3 is 5.32 Å². The van der Waals surface area contributed by atoms with E-state index in [0.717, 1.165) is 17.8 Å². The number of sulfonamides is 1. The second-order valence-corrected chi connectivity index (χ2v) is 7.85. The van der Waals surface area contributed by atoms with Crippen LogP contribution in [0.2, 0.25) is 0 Å². The SMILES string of the molecule is CN(CCCC(=O)NCCc1ccccn1)S(=O)(=O)c1ccc(F)cc1. The zero-order chi connectivity index (χ0) is 19.0. The molecule has 140 valence electrons. The maximum atomic E-state index is 12.9. The van der Waals surface area contributed by atoms with Crippen LogP contribution >= 0.6 is 0 Å². The van der Waals surface area contributed by atoms with Crippen molar-refractivity contribution in [1.82, 2.24) is 14.6 Å². The highest BCUT2D eigenvalue weighted by molar-refractivity contribution is 7.89. The molecule has 0 saturated heterocycles. The van der Waals surface area contributed by atoms with Gasteiger partial charge in [0.25, 0.3) is 0 Å². The van der Waals surface area contributed by atoms with Gasteiger partial charge in [-0.3, -0.25) is 9.78 Å². The number of carbonyl (C=O) groups is 1. The first-order chi connectivity index (χ1) is 12.4. The first kappa shape index (κ1) is 20.0.